The maximum Gasteiger partial charge on any atom is 0.241 e. The minimum atomic E-state index is -3.56. The van der Waals surface area contributed by atoms with Crippen molar-refractivity contribution in [2.75, 3.05) is 5.73 Å². The van der Waals surface area contributed by atoms with E-state index in [1.807, 2.05) is 7.05 Å². The van der Waals surface area contributed by atoms with Crippen LogP contribution >= 0.6 is 0 Å². The van der Waals surface area contributed by atoms with E-state index in [2.05, 4.69) is 9.71 Å². The van der Waals surface area contributed by atoms with Gasteiger partial charge in [-0.1, -0.05) is 0 Å². The second-order valence-corrected chi connectivity index (χ2v) is 6.04. The predicted molar refractivity (Wildman–Crippen MR) is 72.8 cm³/mol. The summed E-state index contributed by atoms with van der Waals surface area (Å²) in [5, 5.41) is 0. The summed E-state index contributed by atoms with van der Waals surface area (Å²) < 4.78 is 28.7. The Morgan fingerprint density at radius 1 is 1.42 bits per heavy atom. The zero-order valence-electron chi connectivity index (χ0n) is 10.8. The summed E-state index contributed by atoms with van der Waals surface area (Å²) in [5.41, 5.74) is 6.77. The normalized spacial score (nSPS) is 11.7. The van der Waals surface area contributed by atoms with Crippen LogP contribution in [0.2, 0.25) is 0 Å². The molecule has 1 aromatic carbocycles. The molecule has 1 heterocycles. The van der Waals surface area contributed by atoms with Crippen molar-refractivity contribution in [1.29, 1.82) is 0 Å². The van der Waals surface area contributed by atoms with E-state index in [4.69, 9.17) is 5.73 Å². The van der Waals surface area contributed by atoms with E-state index in [0.29, 0.717) is 17.1 Å². The van der Waals surface area contributed by atoms with Gasteiger partial charge in [0, 0.05) is 25.1 Å². The van der Waals surface area contributed by atoms with Crippen LogP contribution in [0.4, 0.5) is 5.69 Å². The minimum absolute atomic E-state index is 0.148. The first-order valence-electron chi connectivity index (χ1n) is 5.72. The average Bonchev–Trinajstić information content (AvgIpc) is 2.72. The number of nitrogens with two attached hydrogens (primary N) is 1. The largest absolute Gasteiger partial charge is 0.399 e. The van der Waals surface area contributed by atoms with Crippen molar-refractivity contribution < 1.29 is 8.42 Å². The molecule has 0 amide bonds. The number of aromatic nitrogens is 2. The molecule has 0 bridgehead atoms. The van der Waals surface area contributed by atoms with Gasteiger partial charge in [0.1, 0.15) is 5.82 Å². The van der Waals surface area contributed by atoms with Crippen molar-refractivity contribution in [3.8, 4) is 0 Å². The van der Waals surface area contributed by atoms with Crippen LogP contribution in [0.15, 0.2) is 35.5 Å². The highest BCUT2D eigenvalue weighted by molar-refractivity contribution is 7.89. The van der Waals surface area contributed by atoms with Gasteiger partial charge in [0.2, 0.25) is 10.0 Å². The maximum atomic E-state index is 12.2. The van der Waals surface area contributed by atoms with Crippen LogP contribution in [-0.2, 0) is 23.6 Å². The third-order valence-electron chi connectivity index (χ3n) is 2.83. The van der Waals surface area contributed by atoms with Crippen molar-refractivity contribution in [3.63, 3.8) is 0 Å². The summed E-state index contributed by atoms with van der Waals surface area (Å²) in [7, 11) is -1.75. The molecule has 0 aliphatic heterocycles. The molecule has 2 aromatic rings. The fraction of sp³-hybridized carbons (Fsp3) is 0.250. The number of nitrogens with zero attached hydrogens (tertiary/aromatic N) is 2. The fourth-order valence-corrected chi connectivity index (χ4v) is 2.98. The highest BCUT2D eigenvalue weighted by Gasteiger charge is 2.17. The van der Waals surface area contributed by atoms with E-state index in [-0.39, 0.29) is 11.4 Å². The van der Waals surface area contributed by atoms with Crippen LogP contribution in [0.5, 0.6) is 0 Å². The molecule has 6 nitrogen and oxygen atoms in total. The van der Waals surface area contributed by atoms with Crippen LogP contribution in [0.25, 0.3) is 0 Å². The van der Waals surface area contributed by atoms with Crippen LogP contribution in [0.3, 0.4) is 0 Å². The predicted octanol–water partition coefficient (Wildman–Crippen LogP) is 0.789. The molecule has 102 valence electrons. The number of hydrogen-bond donors (Lipinski definition) is 2. The number of imidazole rings is 1. The average molecular weight is 280 g/mol. The number of sulfonamides is 1. The number of benzene rings is 1. The quantitative estimate of drug-likeness (QED) is 0.810. The smallest absolute Gasteiger partial charge is 0.241 e. The summed E-state index contributed by atoms with van der Waals surface area (Å²) in [5.74, 6) is 0.650. The zero-order valence-corrected chi connectivity index (χ0v) is 11.6. The number of hydrogen-bond acceptors (Lipinski definition) is 4. The molecule has 1 aromatic heterocycles. The van der Waals surface area contributed by atoms with Crippen LogP contribution in [0, 0.1) is 6.92 Å². The van der Waals surface area contributed by atoms with Crippen LogP contribution in [0.1, 0.15) is 11.4 Å². The van der Waals surface area contributed by atoms with Gasteiger partial charge in [-0.25, -0.2) is 18.1 Å². The van der Waals surface area contributed by atoms with Gasteiger partial charge in [-0.2, -0.15) is 0 Å². The number of aryl methyl sites for hydroxylation is 2. The lowest BCUT2D eigenvalue weighted by Crippen LogP contribution is -2.25. The molecule has 19 heavy (non-hydrogen) atoms. The number of rotatable bonds is 4. The second kappa shape index (κ2) is 5.02. The van der Waals surface area contributed by atoms with Crippen molar-refractivity contribution >= 4 is 15.7 Å². The Balaban J connectivity index is 2.21. The summed E-state index contributed by atoms with van der Waals surface area (Å²) >= 11 is 0. The molecule has 0 aliphatic carbocycles. The van der Waals surface area contributed by atoms with E-state index < -0.39 is 10.0 Å². The minimum Gasteiger partial charge on any atom is -0.399 e. The summed E-state index contributed by atoms with van der Waals surface area (Å²) in [6.07, 6.45) is 3.39. The molecule has 0 fully saturated rings. The molecule has 0 unspecified atom stereocenters. The van der Waals surface area contributed by atoms with E-state index in [9.17, 15) is 8.42 Å². The van der Waals surface area contributed by atoms with Crippen molar-refractivity contribution in [2.24, 2.45) is 7.05 Å². The standard InChI is InChI=1S/C12H16N4O2S/c1-9-7-10(13)3-4-11(9)19(17,18)15-8-12-14-5-6-16(12)2/h3-7,15H,8,13H2,1-2H3. The Labute approximate surface area is 112 Å². The summed E-state index contributed by atoms with van der Waals surface area (Å²) in [4.78, 5) is 4.30. The van der Waals surface area contributed by atoms with E-state index in [0.717, 1.165) is 0 Å². The Hall–Kier alpha value is -1.86. The first-order chi connectivity index (χ1) is 8.90. The first kappa shape index (κ1) is 13.6. The van der Waals surface area contributed by atoms with Gasteiger partial charge in [-0.15, -0.1) is 0 Å². The number of anilines is 1. The molecular formula is C12H16N4O2S. The zero-order chi connectivity index (χ0) is 14.0. The lowest BCUT2D eigenvalue weighted by molar-refractivity contribution is 0.577. The first-order valence-corrected chi connectivity index (χ1v) is 7.20. The Morgan fingerprint density at radius 3 is 2.74 bits per heavy atom. The van der Waals surface area contributed by atoms with E-state index >= 15 is 0 Å². The molecular weight excluding hydrogens is 264 g/mol. The van der Waals surface area contributed by atoms with Crippen LogP contribution < -0.4 is 10.5 Å². The van der Waals surface area contributed by atoms with Gasteiger partial charge in [0.15, 0.2) is 0 Å². The van der Waals surface area contributed by atoms with Gasteiger partial charge in [-0.05, 0) is 30.7 Å². The Morgan fingerprint density at radius 2 is 2.16 bits per heavy atom. The molecule has 0 saturated carbocycles. The lowest BCUT2D eigenvalue weighted by Gasteiger charge is -2.09. The van der Waals surface area contributed by atoms with Crippen LogP contribution in [-0.4, -0.2) is 18.0 Å². The molecule has 0 radical (unpaired) electrons. The van der Waals surface area contributed by atoms with Gasteiger partial charge in [0.05, 0.1) is 11.4 Å². The third-order valence-corrected chi connectivity index (χ3v) is 4.39. The molecule has 0 aliphatic rings. The Kier molecular flexibility index (Phi) is 3.59. The van der Waals surface area contributed by atoms with Gasteiger partial charge >= 0.3 is 0 Å². The summed E-state index contributed by atoms with van der Waals surface area (Å²) in [6.45, 7) is 1.86. The molecule has 2 rings (SSSR count). The topological polar surface area (TPSA) is 90.0 Å². The second-order valence-electron chi connectivity index (χ2n) is 4.30. The highest BCUT2D eigenvalue weighted by Crippen LogP contribution is 2.17. The highest BCUT2D eigenvalue weighted by atomic mass is 32.2. The molecule has 3 N–H and O–H groups in total. The van der Waals surface area contributed by atoms with Crippen molar-refractivity contribution in [2.45, 2.75) is 18.4 Å². The molecule has 0 atom stereocenters. The Bertz CT molecular complexity index is 692. The maximum absolute atomic E-state index is 12.2. The SMILES string of the molecule is Cc1cc(N)ccc1S(=O)(=O)NCc1nccn1C. The fourth-order valence-electron chi connectivity index (χ4n) is 1.78. The lowest BCUT2D eigenvalue weighted by atomic mass is 10.2. The monoisotopic (exact) mass is 280 g/mol. The van der Waals surface area contributed by atoms with Gasteiger partial charge in [0.25, 0.3) is 0 Å². The molecule has 0 spiro atoms. The van der Waals surface area contributed by atoms with Crippen molar-refractivity contribution in [3.05, 3.63) is 42.0 Å². The number of nitrogen functional groups attached to an aromatic ring is 1. The van der Waals surface area contributed by atoms with Gasteiger partial charge in [-0.3, -0.25) is 0 Å². The molecule has 7 heteroatoms. The molecule has 0 saturated heterocycles. The third kappa shape index (κ3) is 2.94. The van der Waals surface area contributed by atoms with Crippen molar-refractivity contribution in [1.82, 2.24) is 14.3 Å². The summed E-state index contributed by atoms with van der Waals surface area (Å²) in [6, 6.07) is 4.71. The van der Waals surface area contributed by atoms with Gasteiger partial charge < -0.3 is 10.3 Å². The van der Waals surface area contributed by atoms with E-state index in [1.165, 1.54) is 6.07 Å². The number of nitrogens with one attached hydrogen (secondary N) is 1. The van der Waals surface area contributed by atoms with E-state index in [1.54, 1.807) is 36.0 Å².